The van der Waals surface area contributed by atoms with Gasteiger partial charge in [0.25, 0.3) is 0 Å². The van der Waals surface area contributed by atoms with E-state index >= 15 is 0 Å². The SMILES string of the molecule is CC[C@H](Sc1ncnc2scc(-c3ccc(Cl)cc3)c12)C(=O)[O-]. The van der Waals surface area contributed by atoms with E-state index in [0.717, 1.165) is 21.3 Å². The van der Waals surface area contributed by atoms with E-state index in [-0.39, 0.29) is 0 Å². The van der Waals surface area contributed by atoms with Crippen LogP contribution in [0.4, 0.5) is 0 Å². The highest BCUT2D eigenvalue weighted by Gasteiger charge is 2.17. The number of carboxylic acid groups (broad SMARTS) is 1. The van der Waals surface area contributed by atoms with Crippen molar-refractivity contribution in [1.82, 2.24) is 9.97 Å². The number of nitrogens with zero attached hydrogens (tertiary/aromatic N) is 2. The lowest BCUT2D eigenvalue weighted by atomic mass is 10.1. The van der Waals surface area contributed by atoms with Crippen LogP contribution in [0.5, 0.6) is 0 Å². The molecule has 4 nitrogen and oxygen atoms in total. The Hall–Kier alpha value is -1.63. The van der Waals surface area contributed by atoms with Crippen molar-refractivity contribution in [1.29, 1.82) is 0 Å². The quantitative estimate of drug-likeness (QED) is 0.511. The second-order valence-electron chi connectivity index (χ2n) is 4.85. The number of benzene rings is 1. The molecule has 0 radical (unpaired) electrons. The first-order valence-corrected chi connectivity index (χ1v) is 9.09. The fourth-order valence-corrected chi connectivity index (χ4v) is 4.28. The van der Waals surface area contributed by atoms with Crippen molar-refractivity contribution in [2.75, 3.05) is 0 Å². The molecule has 118 valence electrons. The Labute approximate surface area is 146 Å². The highest BCUT2D eigenvalue weighted by Crippen LogP contribution is 2.39. The molecule has 0 N–H and O–H groups in total. The second kappa shape index (κ2) is 6.86. The van der Waals surface area contributed by atoms with Gasteiger partial charge < -0.3 is 9.90 Å². The topological polar surface area (TPSA) is 65.9 Å². The maximum atomic E-state index is 11.2. The number of carboxylic acids is 1. The monoisotopic (exact) mass is 363 g/mol. The van der Waals surface area contributed by atoms with E-state index < -0.39 is 11.2 Å². The maximum absolute atomic E-state index is 11.2. The van der Waals surface area contributed by atoms with E-state index in [2.05, 4.69) is 9.97 Å². The number of rotatable bonds is 5. The van der Waals surface area contributed by atoms with Crippen molar-refractivity contribution >= 4 is 50.9 Å². The average Bonchev–Trinajstić information content (AvgIpc) is 2.98. The minimum absolute atomic E-state index is 0.471. The van der Waals surface area contributed by atoms with Crippen LogP contribution in [0.1, 0.15) is 13.3 Å². The van der Waals surface area contributed by atoms with Gasteiger partial charge in [-0.25, -0.2) is 9.97 Å². The maximum Gasteiger partial charge on any atom is 0.128 e. The molecule has 0 saturated heterocycles. The summed E-state index contributed by atoms with van der Waals surface area (Å²) in [5.41, 5.74) is 1.98. The lowest BCUT2D eigenvalue weighted by Gasteiger charge is -2.15. The van der Waals surface area contributed by atoms with Crippen LogP contribution in [0.3, 0.4) is 0 Å². The zero-order valence-corrected chi connectivity index (χ0v) is 14.5. The summed E-state index contributed by atoms with van der Waals surface area (Å²) in [6.07, 6.45) is 1.94. The second-order valence-corrected chi connectivity index (χ2v) is 7.33. The van der Waals surface area contributed by atoms with E-state index in [4.69, 9.17) is 11.6 Å². The van der Waals surface area contributed by atoms with Gasteiger partial charge in [0.1, 0.15) is 16.2 Å². The Bertz CT molecular complexity index is 849. The van der Waals surface area contributed by atoms with E-state index in [1.807, 2.05) is 36.6 Å². The highest BCUT2D eigenvalue weighted by molar-refractivity contribution is 8.00. The molecule has 3 aromatic rings. The molecule has 2 heterocycles. The molecule has 0 aliphatic carbocycles. The lowest BCUT2D eigenvalue weighted by Crippen LogP contribution is -2.33. The third kappa shape index (κ3) is 3.34. The first kappa shape index (κ1) is 16.2. The average molecular weight is 364 g/mol. The normalized spacial score (nSPS) is 12.4. The fourth-order valence-electron chi connectivity index (χ4n) is 2.21. The number of hydrogen-bond acceptors (Lipinski definition) is 6. The highest BCUT2D eigenvalue weighted by atomic mass is 35.5. The van der Waals surface area contributed by atoms with Crippen molar-refractivity contribution < 1.29 is 9.90 Å². The van der Waals surface area contributed by atoms with Crippen LogP contribution in [-0.4, -0.2) is 21.2 Å². The number of thioether (sulfide) groups is 1. The van der Waals surface area contributed by atoms with Crippen molar-refractivity contribution in [3.8, 4) is 11.1 Å². The van der Waals surface area contributed by atoms with Gasteiger partial charge in [-0.05, 0) is 24.1 Å². The van der Waals surface area contributed by atoms with E-state index in [9.17, 15) is 9.90 Å². The van der Waals surface area contributed by atoms with Crippen LogP contribution in [0.15, 0.2) is 41.0 Å². The number of hydrogen-bond donors (Lipinski definition) is 0. The summed E-state index contributed by atoms with van der Waals surface area (Å²) in [6, 6.07) is 7.52. The first-order chi connectivity index (χ1) is 11.1. The van der Waals surface area contributed by atoms with Gasteiger partial charge in [0, 0.05) is 16.0 Å². The predicted octanol–water partition coefficient (Wildman–Crippen LogP) is 3.63. The Kier molecular flexibility index (Phi) is 4.84. The Morgan fingerprint density at radius 2 is 2.09 bits per heavy atom. The van der Waals surface area contributed by atoms with Gasteiger partial charge in [-0.3, -0.25) is 0 Å². The molecule has 0 saturated carbocycles. The van der Waals surface area contributed by atoms with Crippen LogP contribution >= 0.6 is 34.7 Å². The largest absolute Gasteiger partial charge is 0.549 e. The smallest absolute Gasteiger partial charge is 0.128 e. The van der Waals surface area contributed by atoms with Crippen LogP contribution < -0.4 is 5.11 Å². The number of halogens is 1. The molecule has 0 fully saturated rings. The van der Waals surface area contributed by atoms with E-state index in [1.54, 1.807) is 0 Å². The zero-order valence-electron chi connectivity index (χ0n) is 12.2. The van der Waals surface area contributed by atoms with Gasteiger partial charge in [0.05, 0.1) is 16.6 Å². The summed E-state index contributed by atoms with van der Waals surface area (Å²) in [5.74, 6) is -1.08. The van der Waals surface area contributed by atoms with Crippen LogP contribution in [0, 0.1) is 0 Å². The lowest BCUT2D eigenvalue weighted by molar-refractivity contribution is -0.304. The number of carbonyl (C=O) groups is 1. The van der Waals surface area contributed by atoms with Crippen LogP contribution in [0.2, 0.25) is 5.02 Å². The zero-order chi connectivity index (χ0) is 16.4. The minimum atomic E-state index is -1.08. The fraction of sp³-hybridized carbons (Fsp3) is 0.188. The molecule has 0 bridgehead atoms. The Balaban J connectivity index is 2.10. The molecule has 0 amide bonds. The van der Waals surface area contributed by atoms with Crippen molar-refractivity contribution in [2.24, 2.45) is 0 Å². The summed E-state index contributed by atoms with van der Waals surface area (Å²) in [4.78, 5) is 20.6. The number of fused-ring (bicyclic) bond motifs is 1. The molecule has 1 atom stereocenters. The molecule has 23 heavy (non-hydrogen) atoms. The molecule has 1 aromatic carbocycles. The summed E-state index contributed by atoms with van der Waals surface area (Å²) in [7, 11) is 0. The van der Waals surface area contributed by atoms with Gasteiger partial charge in [-0.1, -0.05) is 42.4 Å². The molecule has 0 unspecified atom stereocenters. The Morgan fingerprint density at radius 1 is 1.35 bits per heavy atom. The molecule has 7 heteroatoms. The number of aliphatic carboxylic acids is 1. The summed E-state index contributed by atoms with van der Waals surface area (Å²) in [6.45, 7) is 1.82. The van der Waals surface area contributed by atoms with Gasteiger partial charge in [-0.15, -0.1) is 11.3 Å². The van der Waals surface area contributed by atoms with Crippen molar-refractivity contribution in [2.45, 2.75) is 23.6 Å². The third-order valence-electron chi connectivity index (χ3n) is 3.38. The number of carbonyl (C=O) groups excluding carboxylic acids is 1. The van der Waals surface area contributed by atoms with Gasteiger partial charge in [0.15, 0.2) is 0 Å². The Morgan fingerprint density at radius 3 is 2.74 bits per heavy atom. The number of thiophene rings is 1. The van der Waals surface area contributed by atoms with Crippen LogP contribution in [0.25, 0.3) is 21.3 Å². The molecular formula is C16H12ClN2O2S2-. The van der Waals surface area contributed by atoms with Crippen molar-refractivity contribution in [3.05, 3.63) is 41.0 Å². The van der Waals surface area contributed by atoms with Gasteiger partial charge in [0.2, 0.25) is 0 Å². The van der Waals surface area contributed by atoms with Crippen molar-refractivity contribution in [3.63, 3.8) is 0 Å². The molecule has 3 rings (SSSR count). The molecular weight excluding hydrogens is 352 g/mol. The first-order valence-electron chi connectivity index (χ1n) is 6.95. The van der Waals surface area contributed by atoms with E-state index in [0.29, 0.717) is 16.5 Å². The van der Waals surface area contributed by atoms with E-state index in [1.165, 1.54) is 29.4 Å². The molecule has 0 spiro atoms. The van der Waals surface area contributed by atoms with Gasteiger partial charge in [-0.2, -0.15) is 0 Å². The molecule has 2 aromatic heterocycles. The standard InChI is InChI=1S/C16H13ClN2O2S2/c1-2-12(16(20)21)23-15-13-11(7-22-14(13)18-8-19-15)9-3-5-10(17)6-4-9/h3-8,12H,2H2,1H3,(H,20,21)/p-1/t12-/m0/s1. The third-order valence-corrected chi connectivity index (χ3v) is 5.86. The predicted molar refractivity (Wildman–Crippen MR) is 92.8 cm³/mol. The minimum Gasteiger partial charge on any atom is -0.549 e. The summed E-state index contributed by atoms with van der Waals surface area (Å²) in [5, 5.41) is 14.8. The summed E-state index contributed by atoms with van der Waals surface area (Å²) < 4.78 is 0. The van der Waals surface area contributed by atoms with Crippen LogP contribution in [-0.2, 0) is 4.79 Å². The molecule has 0 aliphatic rings. The summed E-state index contributed by atoms with van der Waals surface area (Å²) >= 11 is 8.67. The number of aromatic nitrogens is 2. The molecule has 0 aliphatic heterocycles. The van der Waals surface area contributed by atoms with Gasteiger partial charge >= 0.3 is 0 Å².